The van der Waals surface area contributed by atoms with E-state index in [9.17, 15) is 4.79 Å². The fraction of sp³-hybridized carbons (Fsp3) is 0.800. The lowest BCUT2D eigenvalue weighted by atomic mass is 9.97. The van der Waals surface area contributed by atoms with Crippen molar-refractivity contribution in [1.82, 2.24) is 30.2 Å². The first-order valence-corrected chi connectivity index (χ1v) is 10.7. The zero-order valence-electron chi connectivity index (χ0n) is 18.7. The Hall–Kier alpha value is -1.43. The molecule has 0 saturated carbocycles. The van der Waals surface area contributed by atoms with Crippen LogP contribution in [0, 0.1) is 0 Å². The van der Waals surface area contributed by atoms with E-state index in [-0.39, 0.29) is 35.3 Å². The molecule has 0 aliphatic carbocycles. The van der Waals surface area contributed by atoms with Crippen LogP contribution in [0.2, 0.25) is 0 Å². The third kappa shape index (κ3) is 6.79. The van der Waals surface area contributed by atoms with Crippen molar-refractivity contribution in [2.75, 3.05) is 52.9 Å². The summed E-state index contributed by atoms with van der Waals surface area (Å²) < 4.78 is 5.34. The fourth-order valence-corrected chi connectivity index (χ4v) is 3.67. The Balaban J connectivity index is 0.00000320. The number of aliphatic imine (C=N–C) groups is 1. The summed E-state index contributed by atoms with van der Waals surface area (Å²) in [7, 11) is 1.78. The van der Waals surface area contributed by atoms with E-state index in [2.05, 4.69) is 30.2 Å². The second-order valence-electron chi connectivity index (χ2n) is 8.87. The van der Waals surface area contributed by atoms with Crippen LogP contribution in [0.25, 0.3) is 0 Å². The van der Waals surface area contributed by atoms with Gasteiger partial charge in [0.2, 0.25) is 11.8 Å². The number of hydrogen-bond donors (Lipinski definition) is 1. The third-order valence-corrected chi connectivity index (χ3v) is 5.47. The molecule has 0 bridgehead atoms. The summed E-state index contributed by atoms with van der Waals surface area (Å²) in [5.74, 6) is 2.36. The van der Waals surface area contributed by atoms with Gasteiger partial charge in [0.05, 0.1) is 13.1 Å². The van der Waals surface area contributed by atoms with Gasteiger partial charge in [-0.25, -0.2) is 0 Å². The number of piperidine rings is 1. The van der Waals surface area contributed by atoms with Crippen LogP contribution in [0.3, 0.4) is 0 Å². The van der Waals surface area contributed by atoms with Gasteiger partial charge in [0.25, 0.3) is 0 Å². The van der Waals surface area contributed by atoms with Crippen molar-refractivity contribution in [3.8, 4) is 0 Å². The summed E-state index contributed by atoms with van der Waals surface area (Å²) in [6.45, 7) is 12.4. The van der Waals surface area contributed by atoms with Crippen molar-refractivity contribution in [3.05, 3.63) is 11.7 Å². The highest BCUT2D eigenvalue weighted by Gasteiger charge is 2.25. The van der Waals surface area contributed by atoms with Gasteiger partial charge in [-0.15, -0.1) is 24.0 Å². The smallest absolute Gasteiger partial charge is 0.236 e. The van der Waals surface area contributed by atoms with Crippen molar-refractivity contribution < 1.29 is 9.32 Å². The number of carbonyl (C=O) groups is 1. The predicted molar refractivity (Wildman–Crippen MR) is 127 cm³/mol. The number of guanidine groups is 1. The molecule has 0 unspecified atom stereocenters. The van der Waals surface area contributed by atoms with Gasteiger partial charge in [-0.1, -0.05) is 25.9 Å². The second kappa shape index (κ2) is 11.3. The number of hydrogen-bond acceptors (Lipinski definition) is 6. The number of halogens is 1. The highest BCUT2D eigenvalue weighted by molar-refractivity contribution is 14.0. The van der Waals surface area contributed by atoms with E-state index in [1.165, 1.54) is 6.42 Å². The Bertz CT molecular complexity index is 702. The van der Waals surface area contributed by atoms with Crippen LogP contribution in [-0.4, -0.2) is 89.6 Å². The van der Waals surface area contributed by atoms with Gasteiger partial charge in [-0.3, -0.25) is 14.7 Å². The number of nitrogens with one attached hydrogen (secondary N) is 1. The summed E-state index contributed by atoms with van der Waals surface area (Å²) in [6.07, 6.45) is 3.52. The van der Waals surface area contributed by atoms with E-state index in [1.807, 2.05) is 25.7 Å². The van der Waals surface area contributed by atoms with E-state index < -0.39 is 0 Å². The average Bonchev–Trinajstić information content (AvgIpc) is 3.20. The van der Waals surface area contributed by atoms with Crippen molar-refractivity contribution in [2.24, 2.45) is 4.99 Å². The van der Waals surface area contributed by atoms with Crippen LogP contribution in [0.1, 0.15) is 51.7 Å². The van der Waals surface area contributed by atoms with E-state index in [0.717, 1.165) is 58.1 Å². The lowest BCUT2D eigenvalue weighted by Gasteiger charge is -2.37. The van der Waals surface area contributed by atoms with Crippen LogP contribution in [-0.2, 0) is 16.8 Å². The molecule has 2 aliphatic rings. The highest BCUT2D eigenvalue weighted by atomic mass is 127. The molecule has 0 radical (unpaired) electrons. The number of aromatic nitrogens is 2. The SMILES string of the molecule is CN=C(NCc1noc(C(C)(C)C)n1)N1CCN(CC(=O)N2CCCCC2)CC1.I. The lowest BCUT2D eigenvalue weighted by Crippen LogP contribution is -2.54. The zero-order valence-corrected chi connectivity index (χ0v) is 21.0. The molecule has 2 fully saturated rings. The maximum absolute atomic E-state index is 12.5. The maximum Gasteiger partial charge on any atom is 0.236 e. The van der Waals surface area contributed by atoms with Gasteiger partial charge in [-0.05, 0) is 19.3 Å². The van der Waals surface area contributed by atoms with E-state index in [4.69, 9.17) is 4.52 Å². The van der Waals surface area contributed by atoms with Crippen LogP contribution < -0.4 is 5.32 Å². The minimum atomic E-state index is -0.158. The first kappa shape index (κ1) is 24.8. The summed E-state index contributed by atoms with van der Waals surface area (Å²) in [6, 6.07) is 0. The van der Waals surface area contributed by atoms with Gasteiger partial charge in [-0.2, -0.15) is 4.98 Å². The molecule has 10 heteroatoms. The number of piperazine rings is 1. The van der Waals surface area contributed by atoms with Gasteiger partial charge < -0.3 is 19.6 Å². The Kier molecular flexibility index (Phi) is 9.32. The summed E-state index contributed by atoms with van der Waals surface area (Å²) in [5.41, 5.74) is -0.158. The van der Waals surface area contributed by atoms with E-state index in [0.29, 0.717) is 24.8 Å². The van der Waals surface area contributed by atoms with Crippen molar-refractivity contribution >= 4 is 35.8 Å². The summed E-state index contributed by atoms with van der Waals surface area (Å²) >= 11 is 0. The normalized spacial score (nSPS) is 18.9. The van der Waals surface area contributed by atoms with Gasteiger partial charge >= 0.3 is 0 Å². The molecule has 3 heterocycles. The molecule has 1 aromatic heterocycles. The van der Waals surface area contributed by atoms with Crippen molar-refractivity contribution in [2.45, 2.75) is 52.0 Å². The summed E-state index contributed by atoms with van der Waals surface area (Å²) in [5, 5.41) is 7.38. The van der Waals surface area contributed by atoms with Gasteiger partial charge in [0, 0.05) is 51.7 Å². The highest BCUT2D eigenvalue weighted by Crippen LogP contribution is 2.19. The largest absolute Gasteiger partial charge is 0.349 e. The molecule has 0 aromatic carbocycles. The number of likely N-dealkylation sites (tertiary alicyclic amines) is 1. The van der Waals surface area contributed by atoms with Gasteiger partial charge in [0.15, 0.2) is 11.8 Å². The maximum atomic E-state index is 12.5. The van der Waals surface area contributed by atoms with Crippen LogP contribution in [0.15, 0.2) is 9.52 Å². The van der Waals surface area contributed by atoms with Crippen LogP contribution >= 0.6 is 24.0 Å². The van der Waals surface area contributed by atoms with Crippen molar-refractivity contribution in [1.29, 1.82) is 0 Å². The zero-order chi connectivity index (χ0) is 20.9. The lowest BCUT2D eigenvalue weighted by molar-refractivity contribution is -0.133. The first-order chi connectivity index (χ1) is 13.9. The molecule has 3 rings (SSSR count). The number of amides is 1. The van der Waals surface area contributed by atoms with E-state index in [1.54, 1.807) is 7.05 Å². The molecule has 9 nitrogen and oxygen atoms in total. The van der Waals surface area contributed by atoms with Crippen molar-refractivity contribution in [3.63, 3.8) is 0 Å². The Morgan fingerprint density at radius 3 is 2.30 bits per heavy atom. The standard InChI is InChI=1S/C20H35N7O2.HI/c1-20(2,3)18-23-16(24-29-18)14-22-19(21-4)27-12-10-25(11-13-27)15-17(28)26-8-6-5-7-9-26;/h5-15H2,1-4H3,(H,21,22);1H. The molecular weight excluding hydrogens is 497 g/mol. The minimum Gasteiger partial charge on any atom is -0.349 e. The molecule has 30 heavy (non-hydrogen) atoms. The predicted octanol–water partition coefficient (Wildman–Crippen LogP) is 1.69. The molecule has 1 amide bonds. The number of carbonyl (C=O) groups excluding carboxylic acids is 1. The third-order valence-electron chi connectivity index (χ3n) is 5.47. The minimum absolute atomic E-state index is 0. The Morgan fingerprint density at radius 2 is 1.73 bits per heavy atom. The average molecular weight is 533 g/mol. The molecule has 1 N–H and O–H groups in total. The number of nitrogens with zero attached hydrogens (tertiary/aromatic N) is 6. The number of rotatable bonds is 4. The Morgan fingerprint density at radius 1 is 1.07 bits per heavy atom. The molecule has 0 atom stereocenters. The first-order valence-electron chi connectivity index (χ1n) is 10.7. The fourth-order valence-electron chi connectivity index (χ4n) is 3.67. The van der Waals surface area contributed by atoms with Crippen LogP contribution in [0.5, 0.6) is 0 Å². The monoisotopic (exact) mass is 533 g/mol. The second-order valence-corrected chi connectivity index (χ2v) is 8.87. The van der Waals surface area contributed by atoms with Gasteiger partial charge in [0.1, 0.15) is 0 Å². The molecular formula is C20H36IN7O2. The van der Waals surface area contributed by atoms with Crippen LogP contribution in [0.4, 0.5) is 0 Å². The molecule has 2 aliphatic heterocycles. The summed E-state index contributed by atoms with van der Waals surface area (Å²) in [4.78, 5) is 27.8. The van der Waals surface area contributed by atoms with E-state index >= 15 is 0 Å². The molecule has 0 spiro atoms. The molecule has 1 aromatic rings. The molecule has 2 saturated heterocycles. The quantitative estimate of drug-likeness (QED) is 0.358. The molecule has 170 valence electrons. The Labute approximate surface area is 196 Å². The topological polar surface area (TPSA) is 90.1 Å².